The van der Waals surface area contributed by atoms with Crippen LogP contribution in [0.4, 0.5) is 4.39 Å². The molecular formula is C33H29FN6O3S2. The lowest BCUT2D eigenvalue weighted by Gasteiger charge is -2.22. The van der Waals surface area contributed by atoms with E-state index >= 15 is 0 Å². The van der Waals surface area contributed by atoms with Gasteiger partial charge < -0.3 is 10.1 Å². The summed E-state index contributed by atoms with van der Waals surface area (Å²) in [5, 5.41) is 20.3. The second-order valence-electron chi connectivity index (χ2n) is 10.3. The summed E-state index contributed by atoms with van der Waals surface area (Å²) in [4.78, 5) is 27.7. The van der Waals surface area contributed by atoms with E-state index in [9.17, 15) is 14.0 Å². The maximum atomic E-state index is 13.8. The number of nitrogens with one attached hydrogen (secondary N) is 1. The van der Waals surface area contributed by atoms with Crippen molar-refractivity contribution in [2.24, 2.45) is 5.10 Å². The number of hydrogen-bond donors (Lipinski definition) is 1. The quantitative estimate of drug-likeness (QED) is 0.183. The van der Waals surface area contributed by atoms with E-state index in [0.29, 0.717) is 34.4 Å². The molecule has 1 atom stereocenters. The van der Waals surface area contributed by atoms with E-state index in [1.807, 2.05) is 48.7 Å². The summed E-state index contributed by atoms with van der Waals surface area (Å²) >= 11 is 2.80. The number of aromatic nitrogens is 3. The zero-order valence-corrected chi connectivity index (χ0v) is 26.1. The fourth-order valence-corrected chi connectivity index (χ4v) is 6.50. The Morgan fingerprint density at radius 1 is 1.04 bits per heavy atom. The maximum Gasteiger partial charge on any atom is 0.253 e. The first-order valence-corrected chi connectivity index (χ1v) is 16.0. The van der Waals surface area contributed by atoms with Crippen LogP contribution in [0.5, 0.6) is 5.75 Å². The predicted molar refractivity (Wildman–Crippen MR) is 172 cm³/mol. The number of nitrogens with zero attached hydrogens (tertiary/aromatic N) is 5. The summed E-state index contributed by atoms with van der Waals surface area (Å²) in [5.74, 6) is 0.138. The lowest BCUT2D eigenvalue weighted by molar-refractivity contribution is -0.130. The highest BCUT2D eigenvalue weighted by atomic mass is 32.2. The Labute approximate surface area is 267 Å². The molecule has 0 saturated heterocycles. The van der Waals surface area contributed by atoms with Crippen LogP contribution in [-0.4, -0.2) is 50.2 Å². The van der Waals surface area contributed by atoms with Crippen molar-refractivity contribution >= 4 is 40.6 Å². The van der Waals surface area contributed by atoms with E-state index in [4.69, 9.17) is 9.84 Å². The van der Waals surface area contributed by atoms with Gasteiger partial charge >= 0.3 is 0 Å². The number of thioether (sulfide) groups is 1. The first kappa shape index (κ1) is 30.2. The number of amides is 2. The number of halogens is 1. The average molecular weight is 641 g/mol. The van der Waals surface area contributed by atoms with Crippen LogP contribution < -0.4 is 10.1 Å². The van der Waals surface area contributed by atoms with Gasteiger partial charge in [0.15, 0.2) is 11.0 Å². The number of aryl methyl sites for hydroxylation is 1. The Hall–Kier alpha value is -4.81. The minimum absolute atomic E-state index is 0.0408. The smallest absolute Gasteiger partial charge is 0.253 e. The zero-order valence-electron chi connectivity index (χ0n) is 24.5. The van der Waals surface area contributed by atoms with Gasteiger partial charge in [0, 0.05) is 17.7 Å². The third kappa shape index (κ3) is 6.81. The average Bonchev–Trinajstić information content (AvgIpc) is 3.84. The normalized spacial score (nSPS) is 14.3. The molecule has 0 fully saturated rings. The van der Waals surface area contributed by atoms with Crippen LogP contribution in [0.15, 0.2) is 101 Å². The molecule has 1 aliphatic rings. The molecule has 45 heavy (non-hydrogen) atoms. The summed E-state index contributed by atoms with van der Waals surface area (Å²) in [6.45, 7) is 2.08. The van der Waals surface area contributed by atoms with Crippen LogP contribution in [0.3, 0.4) is 0 Å². The molecule has 228 valence electrons. The highest BCUT2D eigenvalue weighted by Gasteiger charge is 2.33. The third-order valence-corrected chi connectivity index (χ3v) is 9.12. The molecule has 2 aromatic heterocycles. The number of hydrazone groups is 1. The van der Waals surface area contributed by atoms with Gasteiger partial charge in [0.25, 0.3) is 11.8 Å². The minimum Gasteiger partial charge on any atom is -0.497 e. The second kappa shape index (κ2) is 13.4. The van der Waals surface area contributed by atoms with E-state index in [1.165, 1.54) is 31.0 Å². The number of thiophene rings is 1. The summed E-state index contributed by atoms with van der Waals surface area (Å²) < 4.78 is 20.8. The molecule has 0 saturated carbocycles. The number of benzene rings is 3. The van der Waals surface area contributed by atoms with Crippen LogP contribution in [0, 0.1) is 12.7 Å². The minimum atomic E-state index is -0.389. The number of carbonyl (C=O) groups is 2. The van der Waals surface area contributed by atoms with Crippen LogP contribution >= 0.6 is 23.1 Å². The maximum absolute atomic E-state index is 13.8. The Kier molecular flexibility index (Phi) is 9.03. The molecular weight excluding hydrogens is 612 g/mol. The van der Waals surface area contributed by atoms with Gasteiger partial charge in [-0.05, 0) is 66.4 Å². The van der Waals surface area contributed by atoms with Crippen molar-refractivity contribution in [3.63, 3.8) is 0 Å². The summed E-state index contributed by atoms with van der Waals surface area (Å²) in [5.41, 5.74) is 4.05. The number of ether oxygens (including phenoxy) is 1. The van der Waals surface area contributed by atoms with Gasteiger partial charge in [0.1, 0.15) is 11.6 Å². The van der Waals surface area contributed by atoms with Crippen molar-refractivity contribution in [1.82, 2.24) is 25.1 Å². The van der Waals surface area contributed by atoms with E-state index in [0.717, 1.165) is 21.7 Å². The molecule has 3 aromatic carbocycles. The molecule has 5 aromatic rings. The Balaban J connectivity index is 1.23. The van der Waals surface area contributed by atoms with Crippen LogP contribution in [-0.2, 0) is 11.3 Å². The number of rotatable bonds is 10. The van der Waals surface area contributed by atoms with E-state index in [-0.39, 0.29) is 36.0 Å². The Bertz CT molecular complexity index is 1840. The molecule has 0 unspecified atom stereocenters. The molecule has 3 heterocycles. The molecule has 0 radical (unpaired) electrons. The summed E-state index contributed by atoms with van der Waals surface area (Å²) in [6.07, 6.45) is 0.614. The third-order valence-electron chi connectivity index (χ3n) is 7.28. The summed E-state index contributed by atoms with van der Waals surface area (Å²) in [6, 6.07) is 24.6. The first-order valence-electron chi connectivity index (χ1n) is 14.1. The van der Waals surface area contributed by atoms with Gasteiger partial charge in [-0.15, -0.1) is 21.5 Å². The fraction of sp³-hybridized carbons (Fsp3) is 0.182. The SMILES string of the molecule is COc1cccc(C(=O)NCc2nnc(SCC(=O)N3N=C(c4cccs4)C[C@H]3c3ccc(C)cc3)n2-c2ccc(F)cc2)c1. The van der Waals surface area contributed by atoms with Gasteiger partial charge in [0.05, 0.1) is 36.0 Å². The topological polar surface area (TPSA) is 102 Å². The zero-order chi connectivity index (χ0) is 31.3. The van der Waals surface area contributed by atoms with Gasteiger partial charge in [-0.3, -0.25) is 14.2 Å². The van der Waals surface area contributed by atoms with Crippen molar-refractivity contribution in [3.8, 4) is 11.4 Å². The van der Waals surface area contributed by atoms with E-state index in [1.54, 1.807) is 57.3 Å². The van der Waals surface area contributed by atoms with E-state index in [2.05, 4.69) is 15.5 Å². The lowest BCUT2D eigenvalue weighted by Crippen LogP contribution is -2.28. The van der Waals surface area contributed by atoms with Gasteiger partial charge in [-0.25, -0.2) is 9.40 Å². The second-order valence-corrected chi connectivity index (χ2v) is 12.2. The standard InChI is InChI=1S/C33H29FN6O3S2/c1-21-8-10-22(11-9-21)28-18-27(29-7-4-16-44-29)38-40(28)31(41)20-45-33-37-36-30(39(33)25-14-12-24(34)13-15-25)19-35-32(42)23-5-3-6-26(17-23)43-2/h3-17,28H,18-20H2,1-2H3,(H,35,42)/t28-/m0/s1. The van der Waals surface area contributed by atoms with E-state index < -0.39 is 0 Å². The van der Waals surface area contributed by atoms with Crippen molar-refractivity contribution in [3.05, 3.63) is 124 Å². The molecule has 1 N–H and O–H groups in total. The molecule has 1 aliphatic heterocycles. The van der Waals surface area contributed by atoms with Crippen LogP contribution in [0.1, 0.15) is 44.6 Å². The predicted octanol–water partition coefficient (Wildman–Crippen LogP) is 6.18. The first-order chi connectivity index (χ1) is 21.9. The van der Waals surface area contributed by atoms with Crippen LogP contribution in [0.2, 0.25) is 0 Å². The van der Waals surface area contributed by atoms with Crippen molar-refractivity contribution in [1.29, 1.82) is 0 Å². The number of hydrogen-bond acceptors (Lipinski definition) is 8. The van der Waals surface area contributed by atoms with Gasteiger partial charge in [-0.1, -0.05) is 53.7 Å². The fourth-order valence-electron chi connectivity index (χ4n) is 4.96. The van der Waals surface area contributed by atoms with Gasteiger partial charge in [-0.2, -0.15) is 5.10 Å². The van der Waals surface area contributed by atoms with Crippen molar-refractivity contribution in [2.75, 3.05) is 12.9 Å². The Morgan fingerprint density at radius 3 is 2.58 bits per heavy atom. The number of methoxy groups -OCH3 is 1. The molecule has 0 spiro atoms. The monoisotopic (exact) mass is 640 g/mol. The highest BCUT2D eigenvalue weighted by molar-refractivity contribution is 7.99. The molecule has 6 rings (SSSR count). The van der Waals surface area contributed by atoms with Crippen LogP contribution in [0.25, 0.3) is 5.69 Å². The van der Waals surface area contributed by atoms with Gasteiger partial charge in [0.2, 0.25) is 0 Å². The molecule has 0 bridgehead atoms. The highest BCUT2D eigenvalue weighted by Crippen LogP contribution is 2.35. The molecule has 12 heteroatoms. The summed E-state index contributed by atoms with van der Waals surface area (Å²) in [7, 11) is 1.54. The largest absolute Gasteiger partial charge is 0.497 e. The molecule has 2 amide bonds. The molecule has 0 aliphatic carbocycles. The van der Waals surface area contributed by atoms with Crippen molar-refractivity contribution < 1.29 is 18.7 Å². The lowest BCUT2D eigenvalue weighted by atomic mass is 10.00. The molecule has 9 nitrogen and oxygen atoms in total. The Morgan fingerprint density at radius 2 is 1.84 bits per heavy atom. The number of carbonyl (C=O) groups excluding carboxylic acids is 2. The van der Waals surface area contributed by atoms with Crippen molar-refractivity contribution in [2.45, 2.75) is 31.1 Å².